The highest BCUT2D eigenvalue weighted by Gasteiger charge is 2.46. The van der Waals surface area contributed by atoms with E-state index in [1.807, 2.05) is 0 Å². The van der Waals surface area contributed by atoms with Gasteiger partial charge < -0.3 is 4.57 Å². The van der Waals surface area contributed by atoms with Crippen molar-refractivity contribution in [3.8, 4) is 11.3 Å². The Labute approximate surface area is 171 Å². The maximum atomic E-state index is 5.01. The minimum absolute atomic E-state index is 0.0885. The molecule has 0 aliphatic carbocycles. The molecule has 0 N–H and O–H groups in total. The van der Waals surface area contributed by atoms with Crippen LogP contribution >= 0.6 is 11.3 Å². The highest BCUT2D eigenvalue weighted by atomic mass is 32.1. The number of likely N-dealkylation sites (tertiary alicyclic amines) is 1. The average Bonchev–Trinajstić information content (AvgIpc) is 3.41. The fraction of sp³-hybridized carbons (Fsp3) is 0.435. The summed E-state index contributed by atoms with van der Waals surface area (Å²) in [6.45, 7) is 8.90. The van der Waals surface area contributed by atoms with E-state index < -0.39 is 0 Å². The Bertz CT molecular complexity index is 907. The van der Waals surface area contributed by atoms with Crippen LogP contribution in [0.2, 0.25) is 0 Å². The molecule has 4 nitrogen and oxygen atoms in total. The van der Waals surface area contributed by atoms with E-state index in [0.717, 1.165) is 52.1 Å². The third kappa shape index (κ3) is 3.02. The number of imidazole rings is 1. The van der Waals surface area contributed by atoms with Gasteiger partial charge in [0.25, 0.3) is 0 Å². The van der Waals surface area contributed by atoms with Crippen molar-refractivity contribution in [3.63, 3.8) is 0 Å². The van der Waals surface area contributed by atoms with Crippen LogP contribution in [0.5, 0.6) is 0 Å². The molecule has 0 radical (unpaired) electrons. The standard InChI is InChI=1S/C23H28N4S/c1-2-26-13-14-27-21(20-6-4-3-5-7-20)16-24-22(27)23(26)9-11-25(12-10-23)17-19-8-15-28-18-19/h3-8,15-16,18H,2,9-14,17H2,1H3. The van der Waals surface area contributed by atoms with Gasteiger partial charge in [0.05, 0.1) is 17.4 Å². The van der Waals surface area contributed by atoms with Gasteiger partial charge in [0.2, 0.25) is 0 Å². The van der Waals surface area contributed by atoms with Crippen molar-refractivity contribution in [2.45, 2.75) is 38.4 Å². The number of nitrogens with zero attached hydrogens (tertiary/aromatic N) is 4. The van der Waals surface area contributed by atoms with Crippen LogP contribution < -0.4 is 0 Å². The molecule has 3 aromatic rings. The number of rotatable bonds is 4. The van der Waals surface area contributed by atoms with E-state index in [9.17, 15) is 0 Å². The van der Waals surface area contributed by atoms with Crippen LogP contribution in [0, 0.1) is 0 Å². The Morgan fingerprint density at radius 1 is 1.04 bits per heavy atom. The molecule has 1 fully saturated rings. The lowest BCUT2D eigenvalue weighted by Gasteiger charge is -2.50. The minimum Gasteiger partial charge on any atom is -0.325 e. The highest BCUT2D eigenvalue weighted by molar-refractivity contribution is 7.07. The molecule has 1 saturated heterocycles. The van der Waals surface area contributed by atoms with E-state index in [2.05, 4.69) is 74.6 Å². The second-order valence-electron chi connectivity index (χ2n) is 8.00. The summed E-state index contributed by atoms with van der Waals surface area (Å²) in [4.78, 5) is 10.3. The summed E-state index contributed by atoms with van der Waals surface area (Å²) in [5.74, 6) is 1.29. The van der Waals surface area contributed by atoms with Crippen LogP contribution in [0.1, 0.15) is 31.2 Å². The van der Waals surface area contributed by atoms with E-state index >= 15 is 0 Å². The molecule has 2 aromatic heterocycles. The molecule has 1 spiro atoms. The van der Waals surface area contributed by atoms with Crippen molar-refractivity contribution in [2.24, 2.45) is 0 Å². The van der Waals surface area contributed by atoms with E-state index in [1.165, 1.54) is 22.6 Å². The zero-order valence-electron chi connectivity index (χ0n) is 16.6. The summed E-state index contributed by atoms with van der Waals surface area (Å²) in [7, 11) is 0. The SMILES string of the molecule is CCN1CCn2c(-c3ccccc3)cnc2C12CCN(Cc1ccsc1)CC2. The van der Waals surface area contributed by atoms with E-state index in [1.54, 1.807) is 11.3 Å². The fourth-order valence-corrected chi connectivity index (χ4v) is 5.77. The number of likely N-dealkylation sites (N-methyl/N-ethyl adjacent to an activating group) is 1. The monoisotopic (exact) mass is 392 g/mol. The molecule has 0 saturated carbocycles. The van der Waals surface area contributed by atoms with Gasteiger partial charge in [0.15, 0.2) is 0 Å². The van der Waals surface area contributed by atoms with Crippen molar-refractivity contribution in [1.29, 1.82) is 0 Å². The van der Waals surface area contributed by atoms with Crippen LogP contribution in [0.4, 0.5) is 0 Å². The fourth-order valence-electron chi connectivity index (χ4n) is 5.11. The van der Waals surface area contributed by atoms with Crippen LogP contribution in [0.15, 0.2) is 53.4 Å². The van der Waals surface area contributed by atoms with Crippen LogP contribution in [0.25, 0.3) is 11.3 Å². The number of piperidine rings is 1. The van der Waals surface area contributed by atoms with Gasteiger partial charge in [-0.3, -0.25) is 9.80 Å². The maximum absolute atomic E-state index is 5.01. The highest BCUT2D eigenvalue weighted by Crippen LogP contribution is 2.42. The Kier molecular flexibility index (Phi) is 4.83. The molecule has 2 aliphatic rings. The Morgan fingerprint density at radius 2 is 1.86 bits per heavy atom. The predicted octanol–water partition coefficient (Wildman–Crippen LogP) is 4.44. The number of hydrogen-bond donors (Lipinski definition) is 0. The molecule has 146 valence electrons. The first kappa shape index (κ1) is 18.1. The van der Waals surface area contributed by atoms with E-state index in [4.69, 9.17) is 4.98 Å². The molecule has 5 rings (SSSR count). The molecular formula is C23H28N4S. The minimum atomic E-state index is 0.0885. The van der Waals surface area contributed by atoms with Gasteiger partial charge in [-0.2, -0.15) is 11.3 Å². The zero-order chi connectivity index (χ0) is 19.0. The topological polar surface area (TPSA) is 24.3 Å². The molecule has 0 atom stereocenters. The van der Waals surface area contributed by atoms with Gasteiger partial charge in [0.1, 0.15) is 5.82 Å². The molecule has 28 heavy (non-hydrogen) atoms. The van der Waals surface area contributed by atoms with Crippen LogP contribution in [0.3, 0.4) is 0 Å². The molecule has 0 bridgehead atoms. The van der Waals surface area contributed by atoms with E-state index in [-0.39, 0.29) is 5.54 Å². The van der Waals surface area contributed by atoms with Gasteiger partial charge in [-0.25, -0.2) is 4.98 Å². The molecule has 1 aromatic carbocycles. The van der Waals surface area contributed by atoms with Crippen molar-refractivity contribution in [3.05, 3.63) is 64.7 Å². The number of fused-ring (bicyclic) bond motifs is 2. The number of thiophene rings is 1. The smallest absolute Gasteiger partial charge is 0.129 e. The summed E-state index contributed by atoms with van der Waals surface area (Å²) in [5.41, 5.74) is 4.08. The quantitative estimate of drug-likeness (QED) is 0.656. The lowest BCUT2D eigenvalue weighted by Crippen LogP contribution is -2.57. The second kappa shape index (κ2) is 7.47. The summed E-state index contributed by atoms with van der Waals surface area (Å²) in [5, 5.41) is 4.46. The number of benzene rings is 1. The average molecular weight is 393 g/mol. The molecular weight excluding hydrogens is 364 g/mol. The third-order valence-corrected chi connectivity index (χ3v) is 7.32. The zero-order valence-corrected chi connectivity index (χ0v) is 17.4. The van der Waals surface area contributed by atoms with Crippen LogP contribution in [-0.2, 0) is 18.6 Å². The third-order valence-electron chi connectivity index (χ3n) is 6.59. The predicted molar refractivity (Wildman–Crippen MR) is 115 cm³/mol. The lowest BCUT2D eigenvalue weighted by atomic mass is 9.83. The summed E-state index contributed by atoms with van der Waals surface area (Å²) in [6, 6.07) is 13.0. The first-order chi connectivity index (χ1) is 13.8. The number of aromatic nitrogens is 2. The molecule has 2 aliphatic heterocycles. The van der Waals surface area contributed by atoms with Gasteiger partial charge in [-0.05, 0) is 47.3 Å². The first-order valence-corrected chi connectivity index (χ1v) is 11.3. The van der Waals surface area contributed by atoms with Crippen molar-refractivity contribution in [2.75, 3.05) is 26.2 Å². The normalized spacial score (nSPS) is 19.8. The van der Waals surface area contributed by atoms with Crippen LogP contribution in [-0.4, -0.2) is 45.5 Å². The lowest BCUT2D eigenvalue weighted by molar-refractivity contribution is -0.00769. The Morgan fingerprint density at radius 3 is 2.57 bits per heavy atom. The van der Waals surface area contributed by atoms with Crippen molar-refractivity contribution in [1.82, 2.24) is 19.4 Å². The van der Waals surface area contributed by atoms with Gasteiger partial charge in [0, 0.05) is 32.7 Å². The maximum Gasteiger partial charge on any atom is 0.129 e. The van der Waals surface area contributed by atoms with Gasteiger partial charge in [-0.15, -0.1) is 0 Å². The largest absolute Gasteiger partial charge is 0.325 e. The first-order valence-electron chi connectivity index (χ1n) is 10.4. The molecule has 4 heterocycles. The van der Waals surface area contributed by atoms with Gasteiger partial charge >= 0.3 is 0 Å². The Hall–Kier alpha value is -1.95. The summed E-state index contributed by atoms with van der Waals surface area (Å²) in [6.07, 6.45) is 4.43. The summed E-state index contributed by atoms with van der Waals surface area (Å²) < 4.78 is 2.50. The van der Waals surface area contributed by atoms with E-state index in [0.29, 0.717) is 0 Å². The van der Waals surface area contributed by atoms with Gasteiger partial charge in [-0.1, -0.05) is 37.3 Å². The Balaban J connectivity index is 1.44. The second-order valence-corrected chi connectivity index (χ2v) is 8.78. The summed E-state index contributed by atoms with van der Waals surface area (Å²) >= 11 is 1.80. The molecule has 0 unspecified atom stereocenters. The molecule has 5 heteroatoms. The van der Waals surface area contributed by atoms with Crippen molar-refractivity contribution < 1.29 is 0 Å². The number of hydrogen-bond acceptors (Lipinski definition) is 4. The van der Waals surface area contributed by atoms with Crippen molar-refractivity contribution >= 4 is 11.3 Å². The molecule has 0 amide bonds.